The van der Waals surface area contributed by atoms with Gasteiger partial charge in [0.25, 0.3) is 0 Å². The summed E-state index contributed by atoms with van der Waals surface area (Å²) in [5.74, 6) is -1.29. The molecule has 0 aliphatic rings. The van der Waals surface area contributed by atoms with Crippen molar-refractivity contribution in [2.45, 2.75) is 79.1 Å². The Morgan fingerprint density at radius 1 is 0.647 bits per heavy atom. The van der Waals surface area contributed by atoms with E-state index >= 15 is 0 Å². The van der Waals surface area contributed by atoms with Gasteiger partial charge < -0.3 is 0 Å². The normalized spacial score (nSPS) is 11.0. The van der Waals surface area contributed by atoms with Crippen LogP contribution in [0.2, 0.25) is 0 Å². The van der Waals surface area contributed by atoms with Crippen molar-refractivity contribution in [3.8, 4) is 0 Å². The van der Waals surface area contributed by atoms with Crippen LogP contribution in [-0.4, -0.2) is 11.9 Å². The van der Waals surface area contributed by atoms with Gasteiger partial charge in [0.15, 0.2) is 0 Å². The molecule has 2 radical (unpaired) electrons. The summed E-state index contributed by atoms with van der Waals surface area (Å²) in [5, 5.41) is 0. The minimum absolute atomic E-state index is 0.0750. The first kappa shape index (κ1) is 27.5. The lowest BCUT2D eigenvalue weighted by atomic mass is 10.1. The highest BCUT2D eigenvalue weighted by atomic mass is 17.3. The molecular formula is C28H36O6. The van der Waals surface area contributed by atoms with E-state index in [1.807, 2.05) is 52.0 Å². The predicted octanol–water partition coefficient (Wildman–Crippen LogP) is 7.24. The maximum absolute atomic E-state index is 12.5. The molecule has 0 aliphatic heterocycles. The number of benzene rings is 2. The van der Waals surface area contributed by atoms with Crippen LogP contribution in [0, 0.1) is 40.9 Å². The first-order chi connectivity index (χ1) is 16.3. The SMILES string of the molecule is [CH2]CCCCCCCC[C](OOC(=O)c1ccc(C)cc1C)OOC(=O)c1ccc(C)cc1C. The van der Waals surface area contributed by atoms with Gasteiger partial charge in [0.05, 0.1) is 11.1 Å². The first-order valence-electron chi connectivity index (χ1n) is 11.9. The van der Waals surface area contributed by atoms with Crippen molar-refractivity contribution in [3.05, 3.63) is 83.0 Å². The highest BCUT2D eigenvalue weighted by Gasteiger charge is 2.22. The Bertz CT molecular complexity index is 869. The molecule has 0 aromatic heterocycles. The lowest BCUT2D eigenvalue weighted by molar-refractivity contribution is -0.364. The Labute approximate surface area is 203 Å². The zero-order valence-electron chi connectivity index (χ0n) is 20.8. The molecule has 2 rings (SSSR count). The van der Waals surface area contributed by atoms with E-state index in [4.69, 9.17) is 19.6 Å². The molecule has 184 valence electrons. The summed E-state index contributed by atoms with van der Waals surface area (Å²) in [6, 6.07) is 10.8. The van der Waals surface area contributed by atoms with Gasteiger partial charge in [-0.2, -0.15) is 0 Å². The molecule has 0 atom stereocenters. The molecule has 6 nitrogen and oxygen atoms in total. The van der Waals surface area contributed by atoms with Crippen LogP contribution in [0.4, 0.5) is 0 Å². The van der Waals surface area contributed by atoms with Gasteiger partial charge in [-0.3, -0.25) is 9.78 Å². The average molecular weight is 469 g/mol. The molecule has 0 saturated heterocycles. The predicted molar refractivity (Wildman–Crippen MR) is 130 cm³/mol. The van der Waals surface area contributed by atoms with Crippen LogP contribution < -0.4 is 0 Å². The van der Waals surface area contributed by atoms with Gasteiger partial charge >= 0.3 is 18.2 Å². The smallest absolute Gasteiger partial charge is 0.289 e. The maximum Gasteiger partial charge on any atom is 0.373 e. The Hall–Kier alpha value is -2.70. The van der Waals surface area contributed by atoms with E-state index in [0.29, 0.717) is 17.5 Å². The number of carbonyl (C=O) groups is 2. The summed E-state index contributed by atoms with van der Waals surface area (Å²) in [4.78, 5) is 45.3. The summed E-state index contributed by atoms with van der Waals surface area (Å²) >= 11 is 0. The molecule has 2 aromatic rings. The van der Waals surface area contributed by atoms with Crippen LogP contribution in [0.1, 0.15) is 94.3 Å². The van der Waals surface area contributed by atoms with E-state index in [1.54, 1.807) is 12.1 Å². The highest BCUT2D eigenvalue weighted by Crippen LogP contribution is 2.21. The van der Waals surface area contributed by atoms with Crippen LogP contribution in [-0.2, 0) is 19.6 Å². The third-order valence-electron chi connectivity index (χ3n) is 5.51. The molecule has 0 bridgehead atoms. The second-order valence-corrected chi connectivity index (χ2v) is 8.64. The van der Waals surface area contributed by atoms with Gasteiger partial charge in [0, 0.05) is 6.42 Å². The molecule has 2 aromatic carbocycles. The summed E-state index contributed by atoms with van der Waals surface area (Å²) in [6.45, 7) is 11.4. The van der Waals surface area contributed by atoms with E-state index in [-0.39, 0.29) is 6.29 Å². The highest BCUT2D eigenvalue weighted by molar-refractivity contribution is 5.91. The molecule has 0 fully saturated rings. The number of rotatable bonds is 14. The lowest BCUT2D eigenvalue weighted by Gasteiger charge is -2.14. The summed E-state index contributed by atoms with van der Waals surface area (Å²) in [5.41, 5.74) is 4.42. The topological polar surface area (TPSA) is 71.1 Å². The standard InChI is InChI=1S/C28H36O6/c1-6-7-8-9-10-11-12-13-26(31-33-27(29)24-16-14-20(2)18-22(24)4)32-34-28(30)25-17-15-21(3)19-23(25)5/h14-19H,1,6-13H2,2-5H3. The van der Waals surface area contributed by atoms with E-state index < -0.39 is 11.9 Å². The zero-order chi connectivity index (χ0) is 24.9. The molecule has 0 amide bonds. The Morgan fingerprint density at radius 3 is 1.53 bits per heavy atom. The molecule has 34 heavy (non-hydrogen) atoms. The number of hydrogen-bond acceptors (Lipinski definition) is 6. The first-order valence-corrected chi connectivity index (χ1v) is 11.9. The monoisotopic (exact) mass is 468 g/mol. The fraction of sp³-hybridized carbons (Fsp3) is 0.429. The van der Waals surface area contributed by atoms with E-state index in [9.17, 15) is 9.59 Å². The van der Waals surface area contributed by atoms with E-state index in [2.05, 4.69) is 6.92 Å². The fourth-order valence-corrected chi connectivity index (χ4v) is 3.59. The Balaban J connectivity index is 1.93. The van der Waals surface area contributed by atoms with Crippen molar-refractivity contribution in [1.29, 1.82) is 0 Å². The largest absolute Gasteiger partial charge is 0.373 e. The van der Waals surface area contributed by atoms with Crippen LogP contribution in [0.3, 0.4) is 0 Å². The third-order valence-corrected chi connectivity index (χ3v) is 5.51. The Morgan fingerprint density at radius 2 is 1.09 bits per heavy atom. The van der Waals surface area contributed by atoms with Gasteiger partial charge in [-0.1, -0.05) is 80.8 Å². The number of unbranched alkanes of at least 4 members (excludes halogenated alkanes) is 6. The Kier molecular flexibility index (Phi) is 11.8. The minimum Gasteiger partial charge on any atom is -0.289 e. The quantitative estimate of drug-likeness (QED) is 0.165. The summed E-state index contributed by atoms with van der Waals surface area (Å²) < 4.78 is 0. The molecular weight excluding hydrogens is 432 g/mol. The van der Waals surface area contributed by atoms with Crippen LogP contribution >= 0.6 is 0 Å². The molecule has 0 saturated carbocycles. The zero-order valence-corrected chi connectivity index (χ0v) is 20.8. The minimum atomic E-state index is -0.646. The summed E-state index contributed by atoms with van der Waals surface area (Å²) in [7, 11) is 0. The second-order valence-electron chi connectivity index (χ2n) is 8.64. The van der Waals surface area contributed by atoms with Gasteiger partial charge in [0.2, 0.25) is 0 Å². The molecule has 0 unspecified atom stereocenters. The van der Waals surface area contributed by atoms with E-state index in [0.717, 1.165) is 67.2 Å². The lowest BCUT2D eigenvalue weighted by Crippen LogP contribution is -2.17. The van der Waals surface area contributed by atoms with E-state index in [1.165, 1.54) is 0 Å². The van der Waals surface area contributed by atoms with Gasteiger partial charge in [-0.25, -0.2) is 9.59 Å². The van der Waals surface area contributed by atoms with Crippen molar-refractivity contribution < 1.29 is 29.1 Å². The third kappa shape index (κ3) is 9.27. The number of carbonyl (C=O) groups excluding carboxylic acids is 2. The van der Waals surface area contributed by atoms with Crippen molar-refractivity contribution in [2.75, 3.05) is 0 Å². The number of hydrogen-bond donors (Lipinski definition) is 0. The average Bonchev–Trinajstić information content (AvgIpc) is 2.79. The fourth-order valence-electron chi connectivity index (χ4n) is 3.59. The summed E-state index contributed by atoms with van der Waals surface area (Å²) in [6.07, 6.45) is 7.39. The van der Waals surface area contributed by atoms with Gasteiger partial charge in [-0.15, -0.1) is 9.78 Å². The maximum atomic E-state index is 12.5. The van der Waals surface area contributed by atoms with Crippen molar-refractivity contribution in [3.63, 3.8) is 0 Å². The van der Waals surface area contributed by atoms with Crippen LogP contribution in [0.5, 0.6) is 0 Å². The van der Waals surface area contributed by atoms with Crippen molar-refractivity contribution in [1.82, 2.24) is 0 Å². The molecule has 0 spiro atoms. The molecule has 0 aliphatic carbocycles. The van der Waals surface area contributed by atoms with Gasteiger partial charge in [-0.05, 0) is 57.4 Å². The second kappa shape index (κ2) is 14.5. The number of aryl methyl sites for hydroxylation is 4. The van der Waals surface area contributed by atoms with Crippen LogP contribution in [0.15, 0.2) is 36.4 Å². The van der Waals surface area contributed by atoms with Crippen LogP contribution in [0.25, 0.3) is 0 Å². The molecule has 0 N–H and O–H groups in total. The van der Waals surface area contributed by atoms with Crippen molar-refractivity contribution >= 4 is 11.9 Å². The molecule has 6 heteroatoms. The molecule has 0 heterocycles. The van der Waals surface area contributed by atoms with Gasteiger partial charge in [0.1, 0.15) is 0 Å². The van der Waals surface area contributed by atoms with Crippen molar-refractivity contribution in [2.24, 2.45) is 0 Å².